The van der Waals surface area contributed by atoms with Crippen molar-refractivity contribution >= 4 is 21.7 Å². The van der Waals surface area contributed by atoms with Gasteiger partial charge in [-0.1, -0.05) is 18.2 Å². The predicted octanol–water partition coefficient (Wildman–Crippen LogP) is 4.02. The van der Waals surface area contributed by atoms with Gasteiger partial charge in [-0.3, -0.25) is 4.79 Å². The Morgan fingerprint density at radius 3 is 2.45 bits per heavy atom. The first-order valence-corrected chi connectivity index (χ1v) is 15.1. The maximum absolute atomic E-state index is 15.6. The maximum Gasteiger partial charge on any atom is 0.272 e. The molecule has 3 heterocycles. The number of fused-ring (bicyclic) bond motifs is 1. The van der Waals surface area contributed by atoms with E-state index in [0.29, 0.717) is 24.3 Å². The molecular weight excluding hydrogens is 531 g/mol. The molecule has 0 spiro atoms. The Morgan fingerprint density at radius 1 is 1.07 bits per heavy atom. The predicted molar refractivity (Wildman–Crippen MR) is 152 cm³/mol. The summed E-state index contributed by atoms with van der Waals surface area (Å²) in [6.07, 6.45) is 2.27. The van der Waals surface area contributed by atoms with E-state index in [1.54, 1.807) is 36.4 Å². The molecule has 10 heteroatoms. The lowest BCUT2D eigenvalue weighted by atomic mass is 9.72. The number of pyridine rings is 1. The van der Waals surface area contributed by atoms with Crippen LogP contribution in [0.4, 0.5) is 10.2 Å². The molecule has 1 fully saturated rings. The molecule has 8 nitrogen and oxygen atoms in total. The minimum Gasteiger partial charge on any atom is -0.491 e. The summed E-state index contributed by atoms with van der Waals surface area (Å²) in [6, 6.07) is 13.9. The number of ether oxygens (including phenoxy) is 1. The molecule has 1 amide bonds. The number of nitrogens with zero attached hydrogens (tertiary/aromatic N) is 3. The second kappa shape index (κ2) is 11.3. The maximum atomic E-state index is 15.6. The van der Waals surface area contributed by atoms with E-state index in [1.165, 1.54) is 24.4 Å². The average molecular weight is 567 g/mol. The van der Waals surface area contributed by atoms with Crippen molar-refractivity contribution in [2.24, 2.45) is 0 Å². The Labute approximate surface area is 235 Å². The summed E-state index contributed by atoms with van der Waals surface area (Å²) < 4.78 is 50.1. The van der Waals surface area contributed by atoms with E-state index >= 15 is 4.39 Å². The first-order valence-electron chi connectivity index (χ1n) is 13.7. The van der Waals surface area contributed by atoms with Crippen LogP contribution in [0.3, 0.4) is 0 Å². The van der Waals surface area contributed by atoms with Crippen molar-refractivity contribution in [3.05, 3.63) is 83.3 Å². The highest BCUT2D eigenvalue weighted by Gasteiger charge is 2.57. The number of sulfonamides is 1. The van der Waals surface area contributed by atoms with Gasteiger partial charge in [0, 0.05) is 43.5 Å². The van der Waals surface area contributed by atoms with Crippen LogP contribution in [0.25, 0.3) is 0 Å². The van der Waals surface area contributed by atoms with Gasteiger partial charge in [0.2, 0.25) is 0 Å². The van der Waals surface area contributed by atoms with Gasteiger partial charge in [0.1, 0.15) is 17.0 Å². The third-order valence-corrected chi connectivity index (χ3v) is 9.20. The van der Waals surface area contributed by atoms with Crippen molar-refractivity contribution in [1.29, 1.82) is 0 Å². The van der Waals surface area contributed by atoms with Crippen molar-refractivity contribution in [1.82, 2.24) is 15.2 Å². The monoisotopic (exact) mass is 566 g/mol. The Morgan fingerprint density at radius 2 is 1.77 bits per heavy atom. The van der Waals surface area contributed by atoms with Crippen molar-refractivity contribution in [2.75, 3.05) is 37.0 Å². The van der Waals surface area contributed by atoms with Crippen LogP contribution in [-0.4, -0.2) is 63.0 Å². The van der Waals surface area contributed by atoms with Crippen LogP contribution in [-0.2, 0) is 20.2 Å². The lowest BCUT2D eigenvalue weighted by Gasteiger charge is -2.32. The minimum absolute atomic E-state index is 0.0172. The Bertz CT molecular complexity index is 1490. The highest BCUT2D eigenvalue weighted by Crippen LogP contribution is 2.50. The van der Waals surface area contributed by atoms with Crippen LogP contribution < -0.4 is 14.4 Å². The quantitative estimate of drug-likeness (QED) is 0.418. The summed E-state index contributed by atoms with van der Waals surface area (Å²) in [4.78, 5) is 21.2. The van der Waals surface area contributed by atoms with E-state index in [9.17, 15) is 13.2 Å². The highest BCUT2D eigenvalue weighted by atomic mass is 32.2. The van der Waals surface area contributed by atoms with Crippen LogP contribution >= 0.6 is 0 Å². The van der Waals surface area contributed by atoms with E-state index in [0.717, 1.165) is 36.0 Å². The Kier molecular flexibility index (Phi) is 7.94. The van der Waals surface area contributed by atoms with Crippen LogP contribution in [0.1, 0.15) is 43.4 Å². The van der Waals surface area contributed by atoms with E-state index in [4.69, 9.17) is 4.74 Å². The molecule has 2 aliphatic heterocycles. The molecule has 1 saturated heterocycles. The second-order valence-electron chi connectivity index (χ2n) is 10.7. The molecule has 0 saturated carbocycles. The van der Waals surface area contributed by atoms with Crippen LogP contribution in [0.15, 0.2) is 65.7 Å². The fourth-order valence-corrected chi connectivity index (χ4v) is 7.10. The van der Waals surface area contributed by atoms with Gasteiger partial charge < -0.3 is 15.0 Å². The molecular formula is C30H35FN4O4S. The number of benzene rings is 2. The number of carbonyl (C=O) groups excluding carboxylic acids is 1. The number of nitrogens with one attached hydrogen (secondary N) is 1. The number of aryl methyl sites for hydroxylation is 1. The number of aromatic nitrogens is 1. The van der Waals surface area contributed by atoms with Gasteiger partial charge in [0.25, 0.3) is 15.9 Å². The molecule has 1 aromatic heterocycles. The molecule has 40 heavy (non-hydrogen) atoms. The van der Waals surface area contributed by atoms with E-state index in [-0.39, 0.29) is 28.8 Å². The number of halogens is 1. The van der Waals surface area contributed by atoms with E-state index in [1.807, 2.05) is 20.8 Å². The third kappa shape index (κ3) is 5.11. The van der Waals surface area contributed by atoms with E-state index in [2.05, 4.69) is 15.2 Å². The summed E-state index contributed by atoms with van der Waals surface area (Å²) in [5.74, 6) is -0.735. The molecule has 3 aromatic rings. The van der Waals surface area contributed by atoms with Crippen molar-refractivity contribution in [3.8, 4) is 5.75 Å². The van der Waals surface area contributed by atoms with Gasteiger partial charge >= 0.3 is 0 Å². The Balaban J connectivity index is 1.60. The molecule has 5 rings (SSSR count). The van der Waals surface area contributed by atoms with Gasteiger partial charge in [-0.25, -0.2) is 17.8 Å². The molecule has 212 valence electrons. The van der Waals surface area contributed by atoms with Crippen molar-refractivity contribution in [2.45, 2.75) is 50.0 Å². The largest absolute Gasteiger partial charge is 0.491 e. The summed E-state index contributed by atoms with van der Waals surface area (Å²) in [6.45, 7) is 9.83. The van der Waals surface area contributed by atoms with Crippen molar-refractivity contribution in [3.63, 3.8) is 0 Å². The van der Waals surface area contributed by atoms with Gasteiger partial charge in [0.05, 0.1) is 11.0 Å². The third-order valence-electron chi connectivity index (χ3n) is 7.51. The van der Waals surface area contributed by atoms with Gasteiger partial charge in [-0.2, -0.15) is 4.31 Å². The summed E-state index contributed by atoms with van der Waals surface area (Å²) in [5.41, 5.74) is -0.219. The number of rotatable bonds is 9. The smallest absolute Gasteiger partial charge is 0.272 e. The fourth-order valence-electron chi connectivity index (χ4n) is 5.66. The van der Waals surface area contributed by atoms with Gasteiger partial charge in [0.15, 0.2) is 5.82 Å². The second-order valence-corrected chi connectivity index (χ2v) is 12.5. The standard InChI is InChI=1S/C30H35FN4O4S/c1-21(2)39-23-9-11-24(12-10-23)40(37,38)35-28-26(19-22(3)20-33-28)30(29(35)36,25-7-4-5-8-27(25)31)13-6-16-34-17-14-32-15-18-34/h4-5,7-12,19-21,32H,6,13-18H2,1-3H3. The zero-order chi connectivity index (χ0) is 28.5. The van der Waals surface area contributed by atoms with Gasteiger partial charge in [-0.05, 0) is 82.1 Å². The minimum atomic E-state index is -4.37. The fraction of sp³-hybridized carbons (Fsp3) is 0.400. The number of anilines is 1. The molecule has 0 radical (unpaired) electrons. The molecule has 2 aromatic carbocycles. The lowest BCUT2D eigenvalue weighted by molar-refractivity contribution is -0.121. The number of amides is 1. The summed E-state index contributed by atoms with van der Waals surface area (Å²) in [7, 11) is -4.37. The van der Waals surface area contributed by atoms with Crippen LogP contribution in [0.2, 0.25) is 0 Å². The number of hydrogen-bond donors (Lipinski definition) is 1. The first-order chi connectivity index (χ1) is 19.1. The van der Waals surface area contributed by atoms with Crippen LogP contribution in [0.5, 0.6) is 5.75 Å². The molecule has 0 aliphatic carbocycles. The average Bonchev–Trinajstić information content (AvgIpc) is 3.17. The van der Waals surface area contributed by atoms with Crippen molar-refractivity contribution < 1.29 is 22.3 Å². The van der Waals surface area contributed by atoms with E-state index < -0.39 is 27.2 Å². The summed E-state index contributed by atoms with van der Waals surface area (Å²) >= 11 is 0. The molecule has 2 aliphatic rings. The number of hydrogen-bond acceptors (Lipinski definition) is 7. The lowest BCUT2D eigenvalue weighted by Crippen LogP contribution is -2.46. The topological polar surface area (TPSA) is 91.8 Å². The van der Waals surface area contributed by atoms with Gasteiger partial charge in [-0.15, -0.1) is 0 Å². The molecule has 0 bridgehead atoms. The normalized spacial score (nSPS) is 19.7. The van der Waals surface area contributed by atoms with Crippen LogP contribution in [0, 0.1) is 12.7 Å². The highest BCUT2D eigenvalue weighted by molar-refractivity contribution is 7.93. The molecule has 1 atom stereocenters. The zero-order valence-corrected chi connectivity index (χ0v) is 23.9. The molecule has 1 unspecified atom stereocenters. The SMILES string of the molecule is Cc1cnc2c(c1)C(CCCN1CCNCC1)(c1ccccc1F)C(=O)N2S(=O)(=O)c1ccc(OC(C)C)cc1. The summed E-state index contributed by atoms with van der Waals surface area (Å²) in [5, 5.41) is 3.33. The zero-order valence-electron chi connectivity index (χ0n) is 23.1. The molecule has 1 N–H and O–H groups in total. The Hall–Kier alpha value is -3.34. The number of carbonyl (C=O) groups is 1. The number of piperazine rings is 1. The first kappa shape index (κ1) is 28.2.